The second-order valence-electron chi connectivity index (χ2n) is 4.87. The van der Waals surface area contributed by atoms with Crippen LogP contribution in [0.25, 0.3) is 0 Å². The molecule has 0 atom stereocenters. The van der Waals surface area contributed by atoms with Crippen molar-refractivity contribution in [3.8, 4) is 0 Å². The van der Waals surface area contributed by atoms with Gasteiger partial charge in [-0.3, -0.25) is 0 Å². The van der Waals surface area contributed by atoms with E-state index in [4.69, 9.17) is 10.9 Å². The fourth-order valence-electron chi connectivity index (χ4n) is 2.46. The first-order valence-corrected chi connectivity index (χ1v) is 6.39. The number of nitrogens with two attached hydrogens (primary N) is 1. The van der Waals surface area contributed by atoms with Gasteiger partial charge in [0.2, 0.25) is 0 Å². The summed E-state index contributed by atoms with van der Waals surface area (Å²) in [6, 6.07) is 5.93. The lowest BCUT2D eigenvalue weighted by atomic mass is 10.1. The highest BCUT2D eigenvalue weighted by Crippen LogP contribution is 2.25. The summed E-state index contributed by atoms with van der Waals surface area (Å²) >= 11 is 0. The Bertz CT molecular complexity index is 663. The van der Waals surface area contributed by atoms with E-state index in [1.54, 1.807) is 6.33 Å². The zero-order valence-corrected chi connectivity index (χ0v) is 11.2. The van der Waals surface area contributed by atoms with Gasteiger partial charge in [-0.15, -0.1) is 10.2 Å². The van der Waals surface area contributed by atoms with Crippen LogP contribution in [0.3, 0.4) is 0 Å². The Morgan fingerprint density at radius 3 is 3.05 bits per heavy atom. The first-order chi connectivity index (χ1) is 9.69. The van der Waals surface area contributed by atoms with Crippen molar-refractivity contribution in [1.82, 2.24) is 14.8 Å². The number of aryl methyl sites for hydroxylation is 1. The smallest absolute Gasteiger partial charge is 0.172 e. The highest BCUT2D eigenvalue weighted by atomic mass is 16.4. The fraction of sp³-hybridized carbons (Fsp3) is 0.308. The maximum absolute atomic E-state index is 8.94. The van der Waals surface area contributed by atoms with Crippen LogP contribution < -0.4 is 10.6 Å². The standard InChI is InChI=1S/C13H16N6O/c1-9-2-3-11(10(6-9)13(14)17-20)18-4-5-19-8-15-16-12(19)7-18/h2-3,6,8,20H,4-5,7H2,1H3,(H2,14,17). The second kappa shape index (κ2) is 4.84. The minimum atomic E-state index is 0.121. The molecule has 1 aliphatic rings. The number of benzene rings is 1. The molecule has 0 aliphatic carbocycles. The van der Waals surface area contributed by atoms with Crippen LogP contribution >= 0.6 is 0 Å². The summed E-state index contributed by atoms with van der Waals surface area (Å²) in [6.45, 7) is 4.30. The molecular formula is C13H16N6O. The molecule has 20 heavy (non-hydrogen) atoms. The van der Waals surface area contributed by atoms with E-state index >= 15 is 0 Å². The minimum Gasteiger partial charge on any atom is -0.409 e. The number of fused-ring (bicyclic) bond motifs is 1. The molecule has 7 nitrogen and oxygen atoms in total. The third kappa shape index (κ3) is 2.07. The summed E-state index contributed by atoms with van der Waals surface area (Å²) < 4.78 is 2.04. The van der Waals surface area contributed by atoms with Gasteiger partial charge < -0.3 is 20.4 Å². The van der Waals surface area contributed by atoms with Gasteiger partial charge in [-0.1, -0.05) is 16.8 Å². The van der Waals surface area contributed by atoms with E-state index in [-0.39, 0.29) is 5.84 Å². The topological polar surface area (TPSA) is 92.6 Å². The van der Waals surface area contributed by atoms with Gasteiger partial charge >= 0.3 is 0 Å². The molecule has 0 spiro atoms. The zero-order chi connectivity index (χ0) is 14.1. The molecule has 0 radical (unpaired) electrons. The van der Waals surface area contributed by atoms with E-state index < -0.39 is 0 Å². The van der Waals surface area contributed by atoms with Gasteiger partial charge in [-0.05, 0) is 19.1 Å². The molecule has 3 N–H and O–H groups in total. The number of oxime groups is 1. The van der Waals surface area contributed by atoms with Crippen molar-refractivity contribution in [2.75, 3.05) is 11.4 Å². The van der Waals surface area contributed by atoms with Crippen LogP contribution in [0.2, 0.25) is 0 Å². The highest BCUT2D eigenvalue weighted by Gasteiger charge is 2.21. The van der Waals surface area contributed by atoms with Gasteiger partial charge in [-0.25, -0.2) is 0 Å². The SMILES string of the molecule is Cc1ccc(N2CCn3cnnc3C2)c(/C(N)=N/O)c1. The Morgan fingerprint density at radius 2 is 2.25 bits per heavy atom. The number of hydrogen-bond donors (Lipinski definition) is 2. The summed E-state index contributed by atoms with van der Waals surface area (Å²) in [7, 11) is 0. The molecule has 0 amide bonds. The molecule has 0 saturated heterocycles. The molecule has 1 aliphatic heterocycles. The van der Waals surface area contributed by atoms with Gasteiger partial charge in [0.1, 0.15) is 6.33 Å². The van der Waals surface area contributed by atoms with Gasteiger partial charge in [0.15, 0.2) is 11.7 Å². The number of nitrogens with zero attached hydrogens (tertiary/aromatic N) is 5. The van der Waals surface area contributed by atoms with Crippen molar-refractivity contribution >= 4 is 11.5 Å². The Kier molecular flexibility index (Phi) is 3.02. The Labute approximate surface area is 116 Å². The molecule has 1 aromatic heterocycles. The molecule has 0 unspecified atom stereocenters. The molecule has 104 valence electrons. The summed E-state index contributed by atoms with van der Waals surface area (Å²) in [4.78, 5) is 2.16. The van der Waals surface area contributed by atoms with E-state index in [1.807, 2.05) is 29.7 Å². The number of anilines is 1. The van der Waals surface area contributed by atoms with Crippen LogP contribution in [0.4, 0.5) is 5.69 Å². The molecule has 1 aromatic carbocycles. The van der Waals surface area contributed by atoms with E-state index in [2.05, 4.69) is 20.3 Å². The molecule has 2 aromatic rings. The normalized spacial score (nSPS) is 15.2. The van der Waals surface area contributed by atoms with Crippen LogP contribution in [0.15, 0.2) is 29.7 Å². The summed E-state index contributed by atoms with van der Waals surface area (Å²) in [6.07, 6.45) is 1.74. The average molecular weight is 272 g/mol. The van der Waals surface area contributed by atoms with Crippen LogP contribution in [0.5, 0.6) is 0 Å². The third-order valence-corrected chi connectivity index (χ3v) is 3.52. The van der Waals surface area contributed by atoms with E-state index in [0.717, 1.165) is 35.7 Å². The van der Waals surface area contributed by atoms with E-state index in [9.17, 15) is 0 Å². The molecule has 0 bridgehead atoms. The van der Waals surface area contributed by atoms with Crippen molar-refractivity contribution in [3.05, 3.63) is 41.5 Å². The number of hydrogen-bond acceptors (Lipinski definition) is 5. The Hall–Kier alpha value is -2.57. The van der Waals surface area contributed by atoms with Crippen LogP contribution in [0, 0.1) is 6.92 Å². The number of aromatic nitrogens is 3. The average Bonchev–Trinajstić information content (AvgIpc) is 2.93. The monoisotopic (exact) mass is 272 g/mol. The largest absolute Gasteiger partial charge is 0.409 e. The van der Waals surface area contributed by atoms with Crippen LogP contribution in [0.1, 0.15) is 17.0 Å². The first-order valence-electron chi connectivity index (χ1n) is 6.39. The number of amidine groups is 1. The lowest BCUT2D eigenvalue weighted by Gasteiger charge is -2.30. The second-order valence-corrected chi connectivity index (χ2v) is 4.87. The summed E-state index contributed by atoms with van der Waals surface area (Å²) in [5.41, 5.74) is 8.53. The molecular weight excluding hydrogens is 256 g/mol. The van der Waals surface area contributed by atoms with Crippen molar-refractivity contribution in [3.63, 3.8) is 0 Å². The van der Waals surface area contributed by atoms with E-state index in [0.29, 0.717) is 6.54 Å². The van der Waals surface area contributed by atoms with Gasteiger partial charge in [0.05, 0.1) is 6.54 Å². The lowest BCUT2D eigenvalue weighted by molar-refractivity contribution is 0.318. The lowest BCUT2D eigenvalue weighted by Crippen LogP contribution is -2.35. The first kappa shape index (κ1) is 12.5. The van der Waals surface area contributed by atoms with Crippen molar-refractivity contribution in [1.29, 1.82) is 0 Å². The van der Waals surface area contributed by atoms with Crippen molar-refractivity contribution < 1.29 is 5.21 Å². The zero-order valence-electron chi connectivity index (χ0n) is 11.2. The van der Waals surface area contributed by atoms with E-state index in [1.165, 1.54) is 0 Å². The fourth-order valence-corrected chi connectivity index (χ4v) is 2.46. The van der Waals surface area contributed by atoms with Crippen LogP contribution in [-0.2, 0) is 13.1 Å². The molecule has 2 heterocycles. The molecule has 0 fully saturated rings. The highest BCUT2D eigenvalue weighted by molar-refractivity contribution is 6.02. The maximum Gasteiger partial charge on any atom is 0.172 e. The molecule has 0 saturated carbocycles. The Morgan fingerprint density at radius 1 is 1.40 bits per heavy atom. The maximum atomic E-state index is 8.94. The van der Waals surface area contributed by atoms with Crippen molar-refractivity contribution in [2.45, 2.75) is 20.0 Å². The predicted octanol–water partition coefficient (Wildman–Crippen LogP) is 0.701. The summed E-state index contributed by atoms with van der Waals surface area (Å²) in [5, 5.41) is 20.1. The number of rotatable bonds is 2. The van der Waals surface area contributed by atoms with Crippen LogP contribution in [-0.4, -0.2) is 32.4 Å². The van der Waals surface area contributed by atoms with Gasteiger partial charge in [0, 0.05) is 24.3 Å². The predicted molar refractivity (Wildman–Crippen MR) is 74.8 cm³/mol. The molecule has 3 rings (SSSR count). The Balaban J connectivity index is 1.99. The minimum absolute atomic E-state index is 0.121. The quantitative estimate of drug-likeness (QED) is 0.363. The summed E-state index contributed by atoms with van der Waals surface area (Å²) in [5.74, 6) is 1.04. The molecule has 7 heteroatoms. The van der Waals surface area contributed by atoms with Crippen molar-refractivity contribution in [2.24, 2.45) is 10.9 Å². The third-order valence-electron chi connectivity index (χ3n) is 3.52. The van der Waals surface area contributed by atoms with Gasteiger partial charge in [-0.2, -0.15) is 0 Å². The van der Waals surface area contributed by atoms with Gasteiger partial charge in [0.25, 0.3) is 0 Å².